The predicted octanol–water partition coefficient (Wildman–Crippen LogP) is 2.38. The van der Waals surface area contributed by atoms with Gasteiger partial charge in [0.1, 0.15) is 0 Å². The van der Waals surface area contributed by atoms with E-state index in [0.29, 0.717) is 30.4 Å². The zero-order valence-electron chi connectivity index (χ0n) is 12.2. The van der Waals surface area contributed by atoms with Gasteiger partial charge in [-0.25, -0.2) is 4.39 Å². The SMILES string of the molecule is COC(=O)C1CCN(C(=O)COc2ccc(Br)cc2F)CC1. The van der Waals surface area contributed by atoms with Crippen molar-refractivity contribution >= 4 is 27.8 Å². The fourth-order valence-corrected chi connectivity index (χ4v) is 2.69. The van der Waals surface area contributed by atoms with E-state index >= 15 is 0 Å². The quantitative estimate of drug-likeness (QED) is 0.760. The van der Waals surface area contributed by atoms with Crippen molar-refractivity contribution < 1.29 is 23.5 Å². The van der Waals surface area contributed by atoms with Crippen LogP contribution in [-0.2, 0) is 14.3 Å². The summed E-state index contributed by atoms with van der Waals surface area (Å²) in [5.74, 6) is -1.09. The number of methoxy groups -OCH3 is 1. The van der Waals surface area contributed by atoms with E-state index in [0.717, 1.165) is 0 Å². The summed E-state index contributed by atoms with van der Waals surface area (Å²) in [5, 5.41) is 0. The Morgan fingerprint density at radius 3 is 2.64 bits per heavy atom. The zero-order valence-corrected chi connectivity index (χ0v) is 13.8. The van der Waals surface area contributed by atoms with Gasteiger partial charge in [0.05, 0.1) is 13.0 Å². The lowest BCUT2D eigenvalue weighted by molar-refractivity contribution is -0.149. The molecule has 1 amide bonds. The van der Waals surface area contributed by atoms with Gasteiger partial charge in [-0.15, -0.1) is 0 Å². The lowest BCUT2D eigenvalue weighted by Gasteiger charge is -2.30. The maximum absolute atomic E-state index is 13.6. The minimum Gasteiger partial charge on any atom is -0.481 e. The normalized spacial score (nSPS) is 15.5. The summed E-state index contributed by atoms with van der Waals surface area (Å²) in [6.45, 7) is 0.733. The Hall–Kier alpha value is -1.63. The third-order valence-corrected chi connectivity index (χ3v) is 4.12. The Morgan fingerprint density at radius 1 is 1.36 bits per heavy atom. The number of hydrogen-bond acceptors (Lipinski definition) is 4. The summed E-state index contributed by atoms with van der Waals surface area (Å²) >= 11 is 3.15. The molecule has 7 heteroatoms. The van der Waals surface area contributed by atoms with Crippen LogP contribution in [0.3, 0.4) is 0 Å². The Morgan fingerprint density at radius 2 is 2.05 bits per heavy atom. The summed E-state index contributed by atoms with van der Waals surface area (Å²) in [6, 6.07) is 4.39. The predicted molar refractivity (Wildman–Crippen MR) is 80.9 cm³/mol. The molecule has 0 bridgehead atoms. The van der Waals surface area contributed by atoms with Gasteiger partial charge in [-0.2, -0.15) is 0 Å². The number of ether oxygens (including phenoxy) is 2. The molecule has 1 aliphatic rings. The van der Waals surface area contributed by atoms with E-state index < -0.39 is 5.82 Å². The van der Waals surface area contributed by atoms with E-state index in [1.54, 1.807) is 11.0 Å². The van der Waals surface area contributed by atoms with Crippen LogP contribution in [0.15, 0.2) is 22.7 Å². The lowest BCUT2D eigenvalue weighted by Crippen LogP contribution is -2.42. The van der Waals surface area contributed by atoms with E-state index in [-0.39, 0.29) is 30.2 Å². The van der Waals surface area contributed by atoms with Crippen LogP contribution < -0.4 is 4.74 Å². The molecule has 0 aromatic heterocycles. The van der Waals surface area contributed by atoms with Crippen molar-refractivity contribution in [1.82, 2.24) is 4.90 Å². The van der Waals surface area contributed by atoms with Crippen molar-refractivity contribution in [2.45, 2.75) is 12.8 Å². The molecule has 1 aromatic rings. The van der Waals surface area contributed by atoms with E-state index in [4.69, 9.17) is 9.47 Å². The highest BCUT2D eigenvalue weighted by Gasteiger charge is 2.28. The highest BCUT2D eigenvalue weighted by atomic mass is 79.9. The molecule has 1 saturated heterocycles. The average Bonchev–Trinajstić information content (AvgIpc) is 2.53. The van der Waals surface area contributed by atoms with Crippen molar-refractivity contribution in [3.05, 3.63) is 28.5 Å². The third kappa shape index (κ3) is 4.19. The molecular formula is C15H17BrFNO4. The van der Waals surface area contributed by atoms with Gasteiger partial charge in [-0.3, -0.25) is 9.59 Å². The first-order chi connectivity index (χ1) is 10.5. The zero-order chi connectivity index (χ0) is 16.1. The summed E-state index contributed by atoms with van der Waals surface area (Å²) in [6.07, 6.45) is 1.15. The Kier molecular flexibility index (Phi) is 5.76. The van der Waals surface area contributed by atoms with Gasteiger partial charge in [0.15, 0.2) is 18.2 Å². The molecule has 0 N–H and O–H groups in total. The molecule has 1 aliphatic heterocycles. The van der Waals surface area contributed by atoms with Crippen molar-refractivity contribution in [1.29, 1.82) is 0 Å². The molecule has 0 aliphatic carbocycles. The van der Waals surface area contributed by atoms with Gasteiger partial charge in [0.2, 0.25) is 0 Å². The van der Waals surface area contributed by atoms with Crippen LogP contribution in [0.25, 0.3) is 0 Å². The lowest BCUT2D eigenvalue weighted by atomic mass is 9.97. The summed E-state index contributed by atoms with van der Waals surface area (Å²) in [5.41, 5.74) is 0. The summed E-state index contributed by atoms with van der Waals surface area (Å²) in [4.78, 5) is 25.1. The van der Waals surface area contributed by atoms with E-state index in [2.05, 4.69) is 15.9 Å². The van der Waals surface area contributed by atoms with Gasteiger partial charge >= 0.3 is 5.97 Å². The second-order valence-electron chi connectivity index (χ2n) is 5.04. The van der Waals surface area contributed by atoms with Crippen LogP contribution >= 0.6 is 15.9 Å². The first kappa shape index (κ1) is 16.7. The Bertz CT molecular complexity index is 558. The van der Waals surface area contributed by atoms with Crippen molar-refractivity contribution in [3.63, 3.8) is 0 Å². The number of rotatable bonds is 4. The third-order valence-electron chi connectivity index (χ3n) is 3.63. The largest absolute Gasteiger partial charge is 0.481 e. The second kappa shape index (κ2) is 7.58. The number of carbonyl (C=O) groups excluding carboxylic acids is 2. The molecule has 2 rings (SSSR count). The van der Waals surface area contributed by atoms with Crippen LogP contribution in [0.1, 0.15) is 12.8 Å². The number of esters is 1. The topological polar surface area (TPSA) is 55.8 Å². The molecule has 120 valence electrons. The van der Waals surface area contributed by atoms with Crippen molar-refractivity contribution in [2.75, 3.05) is 26.8 Å². The van der Waals surface area contributed by atoms with Crippen LogP contribution in [0.4, 0.5) is 4.39 Å². The van der Waals surface area contributed by atoms with Crippen LogP contribution in [0.5, 0.6) is 5.75 Å². The number of likely N-dealkylation sites (tertiary alicyclic amines) is 1. The monoisotopic (exact) mass is 373 g/mol. The summed E-state index contributed by atoms with van der Waals surface area (Å²) < 4.78 is 24.1. The maximum Gasteiger partial charge on any atom is 0.308 e. The maximum atomic E-state index is 13.6. The summed E-state index contributed by atoms with van der Waals surface area (Å²) in [7, 11) is 1.36. The molecule has 0 spiro atoms. The molecule has 0 atom stereocenters. The highest BCUT2D eigenvalue weighted by Crippen LogP contribution is 2.22. The molecule has 0 radical (unpaired) electrons. The number of benzene rings is 1. The Balaban J connectivity index is 1.82. The first-order valence-corrected chi connectivity index (χ1v) is 7.74. The minimum atomic E-state index is -0.522. The second-order valence-corrected chi connectivity index (χ2v) is 5.96. The molecule has 22 heavy (non-hydrogen) atoms. The minimum absolute atomic E-state index is 0.0426. The van der Waals surface area contributed by atoms with E-state index in [1.807, 2.05) is 0 Å². The molecule has 0 unspecified atom stereocenters. The number of amides is 1. The number of carbonyl (C=O) groups is 2. The van der Waals surface area contributed by atoms with Crippen molar-refractivity contribution in [2.24, 2.45) is 5.92 Å². The smallest absolute Gasteiger partial charge is 0.308 e. The fraction of sp³-hybridized carbons (Fsp3) is 0.467. The molecule has 5 nitrogen and oxygen atoms in total. The number of nitrogens with zero attached hydrogens (tertiary/aromatic N) is 1. The first-order valence-electron chi connectivity index (χ1n) is 6.94. The number of piperidine rings is 1. The van der Waals surface area contributed by atoms with Crippen LogP contribution in [0.2, 0.25) is 0 Å². The van der Waals surface area contributed by atoms with E-state index in [9.17, 15) is 14.0 Å². The number of halogens is 2. The van der Waals surface area contributed by atoms with E-state index in [1.165, 1.54) is 19.2 Å². The van der Waals surface area contributed by atoms with Crippen LogP contribution in [-0.4, -0.2) is 43.6 Å². The van der Waals surface area contributed by atoms with Gasteiger partial charge in [-0.05, 0) is 31.0 Å². The van der Waals surface area contributed by atoms with Gasteiger partial charge in [-0.1, -0.05) is 15.9 Å². The molecule has 0 saturated carbocycles. The van der Waals surface area contributed by atoms with Gasteiger partial charge in [0.25, 0.3) is 5.91 Å². The average molecular weight is 374 g/mol. The highest BCUT2D eigenvalue weighted by molar-refractivity contribution is 9.10. The molecule has 1 fully saturated rings. The van der Waals surface area contributed by atoms with Gasteiger partial charge in [0, 0.05) is 17.6 Å². The molecule has 1 heterocycles. The standard InChI is InChI=1S/C15H17BrFNO4/c1-21-15(20)10-4-6-18(7-5-10)14(19)9-22-13-3-2-11(16)8-12(13)17/h2-3,8,10H,4-7,9H2,1H3. The van der Waals surface area contributed by atoms with Crippen molar-refractivity contribution in [3.8, 4) is 5.75 Å². The fourth-order valence-electron chi connectivity index (χ4n) is 2.35. The molecule has 1 aromatic carbocycles. The number of hydrogen-bond donors (Lipinski definition) is 0. The van der Waals surface area contributed by atoms with Crippen LogP contribution in [0, 0.1) is 11.7 Å². The molecular weight excluding hydrogens is 357 g/mol. The Labute approximate surface area is 136 Å². The van der Waals surface area contributed by atoms with Gasteiger partial charge < -0.3 is 14.4 Å².